The molecule has 0 aromatic heterocycles. The number of carbonyl (C=O) groups is 1. The second-order valence-corrected chi connectivity index (χ2v) is 6.72. The fraction of sp³-hybridized carbons (Fsp3) is 0.611. The SMILES string of the molecule is COc1ccc([N+](=O)[O-])cc1OCC(=O)N1CCCC2CCCCC21. The highest BCUT2D eigenvalue weighted by Crippen LogP contribution is 2.36. The van der Waals surface area contributed by atoms with Gasteiger partial charge in [0.1, 0.15) is 0 Å². The number of non-ortho nitro benzene ring substituents is 1. The average molecular weight is 348 g/mol. The topological polar surface area (TPSA) is 81.9 Å². The monoisotopic (exact) mass is 348 g/mol. The number of piperidine rings is 1. The van der Waals surface area contributed by atoms with E-state index in [4.69, 9.17) is 9.47 Å². The van der Waals surface area contributed by atoms with E-state index in [0.717, 1.165) is 19.4 Å². The van der Waals surface area contributed by atoms with Crippen LogP contribution in [0.5, 0.6) is 11.5 Å². The predicted molar refractivity (Wildman–Crippen MR) is 91.8 cm³/mol. The molecule has 1 aliphatic carbocycles. The summed E-state index contributed by atoms with van der Waals surface area (Å²) in [7, 11) is 1.47. The quantitative estimate of drug-likeness (QED) is 0.603. The molecule has 2 atom stereocenters. The maximum absolute atomic E-state index is 12.7. The first-order valence-electron chi connectivity index (χ1n) is 8.85. The number of likely N-dealkylation sites (tertiary alicyclic amines) is 1. The van der Waals surface area contributed by atoms with Crippen molar-refractivity contribution in [1.82, 2.24) is 4.90 Å². The number of fused-ring (bicyclic) bond motifs is 1. The van der Waals surface area contributed by atoms with Gasteiger partial charge in [-0.15, -0.1) is 0 Å². The van der Waals surface area contributed by atoms with E-state index >= 15 is 0 Å². The Kier molecular flexibility index (Phi) is 5.40. The highest BCUT2D eigenvalue weighted by Gasteiger charge is 2.35. The molecule has 0 N–H and O–H groups in total. The molecule has 7 nitrogen and oxygen atoms in total. The van der Waals surface area contributed by atoms with Gasteiger partial charge in [0, 0.05) is 18.7 Å². The molecule has 3 rings (SSSR count). The first kappa shape index (κ1) is 17.5. The molecule has 7 heteroatoms. The molecule has 2 fully saturated rings. The number of rotatable bonds is 5. The normalized spacial score (nSPS) is 22.8. The lowest BCUT2D eigenvalue weighted by molar-refractivity contribution is -0.385. The molecule has 0 radical (unpaired) electrons. The van der Waals surface area contributed by atoms with Crippen LogP contribution in [0.1, 0.15) is 38.5 Å². The van der Waals surface area contributed by atoms with Gasteiger partial charge in [0.2, 0.25) is 0 Å². The number of hydrogen-bond acceptors (Lipinski definition) is 5. The van der Waals surface area contributed by atoms with E-state index < -0.39 is 4.92 Å². The number of methoxy groups -OCH3 is 1. The van der Waals surface area contributed by atoms with Gasteiger partial charge in [-0.1, -0.05) is 12.8 Å². The van der Waals surface area contributed by atoms with Crippen molar-refractivity contribution in [2.75, 3.05) is 20.3 Å². The van der Waals surface area contributed by atoms with Crippen molar-refractivity contribution in [3.8, 4) is 11.5 Å². The van der Waals surface area contributed by atoms with Gasteiger partial charge in [-0.2, -0.15) is 0 Å². The minimum Gasteiger partial charge on any atom is -0.493 e. The molecule has 1 saturated heterocycles. The zero-order valence-electron chi connectivity index (χ0n) is 14.5. The summed E-state index contributed by atoms with van der Waals surface area (Å²) in [4.78, 5) is 25.1. The van der Waals surface area contributed by atoms with Crippen LogP contribution in [-0.4, -0.2) is 42.0 Å². The third kappa shape index (κ3) is 3.86. The molecule has 2 aliphatic rings. The predicted octanol–water partition coefficient (Wildman–Crippen LogP) is 3.16. The first-order chi connectivity index (χ1) is 12.1. The van der Waals surface area contributed by atoms with Crippen LogP contribution in [0.2, 0.25) is 0 Å². The summed E-state index contributed by atoms with van der Waals surface area (Å²) >= 11 is 0. The highest BCUT2D eigenvalue weighted by molar-refractivity contribution is 5.78. The maximum atomic E-state index is 12.7. The fourth-order valence-corrected chi connectivity index (χ4v) is 4.05. The largest absolute Gasteiger partial charge is 0.493 e. The third-order valence-corrected chi connectivity index (χ3v) is 5.27. The van der Waals surface area contributed by atoms with Crippen molar-refractivity contribution in [2.24, 2.45) is 5.92 Å². The Labute approximate surface area is 147 Å². The highest BCUT2D eigenvalue weighted by atomic mass is 16.6. The van der Waals surface area contributed by atoms with Gasteiger partial charge in [0.15, 0.2) is 18.1 Å². The number of hydrogen-bond donors (Lipinski definition) is 0. The Morgan fingerprint density at radius 3 is 2.76 bits per heavy atom. The van der Waals surface area contributed by atoms with Crippen LogP contribution in [-0.2, 0) is 4.79 Å². The van der Waals surface area contributed by atoms with Crippen LogP contribution in [0.15, 0.2) is 18.2 Å². The Morgan fingerprint density at radius 2 is 2.00 bits per heavy atom. The standard InChI is InChI=1S/C18H24N2O5/c1-24-16-9-8-14(20(22)23)11-17(16)25-12-18(21)19-10-4-6-13-5-2-3-7-15(13)19/h8-9,11,13,15H,2-7,10,12H2,1H3. The summed E-state index contributed by atoms with van der Waals surface area (Å²) in [6.07, 6.45) is 6.93. The molecule has 25 heavy (non-hydrogen) atoms. The van der Waals surface area contributed by atoms with E-state index in [1.807, 2.05) is 4.90 Å². The van der Waals surface area contributed by atoms with E-state index in [-0.39, 0.29) is 24.0 Å². The van der Waals surface area contributed by atoms with Gasteiger partial charge < -0.3 is 14.4 Å². The van der Waals surface area contributed by atoms with Crippen LogP contribution in [0.4, 0.5) is 5.69 Å². The molecular weight excluding hydrogens is 324 g/mol. The van der Waals surface area contributed by atoms with Gasteiger partial charge >= 0.3 is 0 Å². The van der Waals surface area contributed by atoms with E-state index in [0.29, 0.717) is 17.7 Å². The summed E-state index contributed by atoms with van der Waals surface area (Å²) in [5.74, 6) is 1.17. The summed E-state index contributed by atoms with van der Waals surface area (Å²) in [6, 6.07) is 4.46. The van der Waals surface area contributed by atoms with Crippen molar-refractivity contribution in [3.05, 3.63) is 28.3 Å². The molecule has 1 saturated carbocycles. The number of amides is 1. The van der Waals surface area contributed by atoms with Crippen molar-refractivity contribution in [3.63, 3.8) is 0 Å². The van der Waals surface area contributed by atoms with Crippen molar-refractivity contribution in [2.45, 2.75) is 44.6 Å². The average Bonchev–Trinajstić information content (AvgIpc) is 2.65. The van der Waals surface area contributed by atoms with Gasteiger partial charge in [0.25, 0.3) is 11.6 Å². The van der Waals surface area contributed by atoms with Gasteiger partial charge in [0.05, 0.1) is 18.1 Å². The van der Waals surface area contributed by atoms with Crippen molar-refractivity contribution in [1.29, 1.82) is 0 Å². The summed E-state index contributed by atoms with van der Waals surface area (Å²) in [5, 5.41) is 10.9. The van der Waals surface area contributed by atoms with Gasteiger partial charge in [-0.25, -0.2) is 0 Å². The lowest BCUT2D eigenvalue weighted by Gasteiger charge is -2.44. The van der Waals surface area contributed by atoms with E-state index in [1.54, 1.807) is 0 Å². The molecule has 0 spiro atoms. The molecule has 2 unspecified atom stereocenters. The molecule has 1 aromatic rings. The van der Waals surface area contributed by atoms with Crippen molar-refractivity contribution < 1.29 is 19.2 Å². The first-order valence-corrected chi connectivity index (χ1v) is 8.85. The molecular formula is C18H24N2O5. The minimum atomic E-state index is -0.495. The molecule has 1 amide bonds. The van der Waals surface area contributed by atoms with E-state index in [2.05, 4.69) is 0 Å². The zero-order valence-corrected chi connectivity index (χ0v) is 14.5. The molecule has 1 aliphatic heterocycles. The number of ether oxygens (including phenoxy) is 2. The summed E-state index contributed by atoms with van der Waals surface area (Å²) < 4.78 is 10.8. The van der Waals surface area contributed by atoms with Crippen LogP contribution in [0.3, 0.4) is 0 Å². The van der Waals surface area contributed by atoms with Crippen molar-refractivity contribution >= 4 is 11.6 Å². The molecule has 1 aromatic carbocycles. The molecule has 136 valence electrons. The number of nitro benzene ring substituents is 1. The lowest BCUT2D eigenvalue weighted by atomic mass is 9.78. The second kappa shape index (κ2) is 7.72. The maximum Gasteiger partial charge on any atom is 0.273 e. The Balaban J connectivity index is 1.67. The smallest absolute Gasteiger partial charge is 0.273 e. The minimum absolute atomic E-state index is 0.0508. The summed E-state index contributed by atoms with van der Waals surface area (Å²) in [6.45, 7) is 0.649. The van der Waals surface area contributed by atoms with Gasteiger partial charge in [-0.3, -0.25) is 14.9 Å². The van der Waals surface area contributed by atoms with Gasteiger partial charge in [-0.05, 0) is 37.7 Å². The Hall–Kier alpha value is -2.31. The third-order valence-electron chi connectivity index (χ3n) is 5.27. The Bertz CT molecular complexity index is 646. The summed E-state index contributed by atoms with van der Waals surface area (Å²) in [5.41, 5.74) is -0.0893. The van der Waals surface area contributed by atoms with Crippen LogP contribution in [0.25, 0.3) is 0 Å². The second-order valence-electron chi connectivity index (χ2n) is 6.72. The lowest BCUT2D eigenvalue weighted by Crippen LogP contribution is -2.51. The number of carbonyl (C=O) groups excluding carboxylic acids is 1. The number of nitro groups is 1. The fourth-order valence-electron chi connectivity index (χ4n) is 4.05. The zero-order chi connectivity index (χ0) is 17.8. The van der Waals surface area contributed by atoms with Crippen LogP contribution < -0.4 is 9.47 Å². The molecule has 1 heterocycles. The number of benzene rings is 1. The van der Waals surface area contributed by atoms with E-state index in [1.165, 1.54) is 51.0 Å². The van der Waals surface area contributed by atoms with E-state index in [9.17, 15) is 14.9 Å². The van der Waals surface area contributed by atoms with Crippen LogP contribution >= 0.6 is 0 Å². The van der Waals surface area contributed by atoms with Crippen LogP contribution in [0, 0.1) is 16.0 Å². The molecule has 0 bridgehead atoms. The number of nitrogens with zero attached hydrogens (tertiary/aromatic N) is 2. The Morgan fingerprint density at radius 1 is 1.24 bits per heavy atom.